The highest BCUT2D eigenvalue weighted by Gasteiger charge is 2.33. The fourth-order valence-corrected chi connectivity index (χ4v) is 7.84. The van der Waals surface area contributed by atoms with Gasteiger partial charge in [-0.15, -0.1) is 0 Å². The summed E-state index contributed by atoms with van der Waals surface area (Å²) in [5, 5.41) is 9.21. The molecule has 0 saturated carbocycles. The number of hydrogen-bond donors (Lipinski definition) is 1. The molecule has 3 aliphatic heterocycles. The first-order valence-corrected chi connectivity index (χ1v) is 15.9. The lowest BCUT2D eigenvalue weighted by molar-refractivity contribution is -0.137. The summed E-state index contributed by atoms with van der Waals surface area (Å²) >= 11 is 0. The van der Waals surface area contributed by atoms with E-state index in [1.54, 1.807) is 0 Å². The van der Waals surface area contributed by atoms with Crippen molar-refractivity contribution in [3.8, 4) is 28.4 Å². The minimum absolute atomic E-state index is 0.00465. The number of hydrogen-bond acceptors (Lipinski definition) is 7. The van der Waals surface area contributed by atoms with Gasteiger partial charge in [0.2, 0.25) is 0 Å². The maximum Gasteiger partial charge on any atom is 0.304 e. The van der Waals surface area contributed by atoms with Gasteiger partial charge in [-0.1, -0.05) is 24.3 Å². The second-order valence-corrected chi connectivity index (χ2v) is 13.7. The number of nitrogens with zero attached hydrogens (tertiary/aromatic N) is 1. The number of aliphatic carboxylic acids is 1. The standard InChI is InChI=1S/C32H35NO7S/c1-19-13-24(40-23-9-11-41(36,37)12-10-23)14-20(2)31(19)27-6-4-5-26-28(18-39-32(26)27)33(3)22-7-8-25-21(15-30(34)35)17-38-29(25)16-22/h4-8,13-14,16,21,23,28H,9-12,15,17-18H2,1-3H3,(H,34,35)/t21-,28-/m1/s1. The highest BCUT2D eigenvalue weighted by molar-refractivity contribution is 7.91. The molecule has 0 aromatic heterocycles. The van der Waals surface area contributed by atoms with Crippen LogP contribution in [-0.2, 0) is 14.6 Å². The number of para-hydroxylation sites is 1. The minimum Gasteiger partial charge on any atom is -0.493 e. The van der Waals surface area contributed by atoms with Crippen LogP contribution in [-0.4, -0.2) is 57.4 Å². The molecule has 41 heavy (non-hydrogen) atoms. The van der Waals surface area contributed by atoms with Crippen LogP contribution in [0.2, 0.25) is 0 Å². The Kier molecular flexibility index (Phi) is 7.09. The summed E-state index contributed by atoms with van der Waals surface area (Å²) in [6.45, 7) is 5.03. The van der Waals surface area contributed by atoms with Crippen LogP contribution in [0.1, 0.15) is 53.5 Å². The van der Waals surface area contributed by atoms with Crippen LogP contribution >= 0.6 is 0 Å². The number of benzene rings is 3. The number of carbonyl (C=O) groups is 1. The first-order chi connectivity index (χ1) is 19.6. The van der Waals surface area contributed by atoms with Crippen molar-refractivity contribution in [1.82, 2.24) is 0 Å². The van der Waals surface area contributed by atoms with Crippen LogP contribution < -0.4 is 19.1 Å². The first-order valence-electron chi connectivity index (χ1n) is 14.1. The zero-order valence-electron chi connectivity index (χ0n) is 23.6. The second kappa shape index (κ2) is 10.6. The van der Waals surface area contributed by atoms with Crippen molar-refractivity contribution in [3.05, 3.63) is 70.8 Å². The maximum absolute atomic E-state index is 11.8. The largest absolute Gasteiger partial charge is 0.493 e. The SMILES string of the molecule is Cc1cc(OC2CCS(=O)(=O)CC2)cc(C)c1-c1cccc2c1OC[C@H]2N(C)c1ccc2c(c1)OC[C@H]2CC(=O)O. The van der Waals surface area contributed by atoms with E-state index < -0.39 is 15.8 Å². The smallest absolute Gasteiger partial charge is 0.304 e. The van der Waals surface area contributed by atoms with Gasteiger partial charge in [0, 0.05) is 41.4 Å². The summed E-state index contributed by atoms with van der Waals surface area (Å²) in [6, 6.07) is 16.3. The summed E-state index contributed by atoms with van der Waals surface area (Å²) < 4.78 is 42.0. The number of sulfone groups is 1. The van der Waals surface area contributed by atoms with Gasteiger partial charge in [-0.3, -0.25) is 4.79 Å². The van der Waals surface area contributed by atoms with Crippen molar-refractivity contribution >= 4 is 21.5 Å². The monoisotopic (exact) mass is 577 g/mol. The average molecular weight is 578 g/mol. The number of carboxylic acid groups (broad SMARTS) is 1. The molecule has 3 aromatic rings. The van der Waals surface area contributed by atoms with E-state index in [9.17, 15) is 18.3 Å². The van der Waals surface area contributed by atoms with Gasteiger partial charge in [0.25, 0.3) is 0 Å². The number of rotatable bonds is 7. The van der Waals surface area contributed by atoms with E-state index in [1.807, 2.05) is 37.4 Å². The van der Waals surface area contributed by atoms with Crippen molar-refractivity contribution in [2.75, 3.05) is 36.7 Å². The summed E-state index contributed by atoms with van der Waals surface area (Å²) in [4.78, 5) is 13.4. The van der Waals surface area contributed by atoms with Crippen molar-refractivity contribution < 1.29 is 32.5 Å². The third-order valence-corrected chi connectivity index (χ3v) is 10.3. The highest BCUT2D eigenvalue weighted by atomic mass is 32.2. The topological polar surface area (TPSA) is 102 Å². The third-order valence-electron chi connectivity index (χ3n) is 8.54. The Morgan fingerprint density at radius 2 is 1.73 bits per heavy atom. The van der Waals surface area contributed by atoms with E-state index in [0.717, 1.165) is 56.3 Å². The van der Waals surface area contributed by atoms with Crippen molar-refractivity contribution in [2.24, 2.45) is 0 Å². The number of likely N-dealkylation sites (N-methyl/N-ethyl adjacent to an activating group) is 1. The molecule has 0 aliphatic carbocycles. The summed E-state index contributed by atoms with van der Waals surface area (Å²) in [5.74, 6) is 1.81. The molecule has 2 atom stereocenters. The maximum atomic E-state index is 11.8. The molecule has 3 aliphatic rings. The van der Waals surface area contributed by atoms with Crippen molar-refractivity contribution in [2.45, 2.75) is 51.2 Å². The second-order valence-electron chi connectivity index (χ2n) is 11.4. The molecular weight excluding hydrogens is 542 g/mol. The molecular formula is C32H35NO7S. The number of fused-ring (bicyclic) bond motifs is 2. The summed E-state index contributed by atoms with van der Waals surface area (Å²) in [5.41, 5.74) is 7.33. The van der Waals surface area contributed by atoms with Crippen molar-refractivity contribution in [1.29, 1.82) is 0 Å². The van der Waals surface area contributed by atoms with E-state index in [1.165, 1.54) is 0 Å². The molecule has 8 nitrogen and oxygen atoms in total. The van der Waals surface area contributed by atoms with E-state index in [2.05, 4.69) is 36.9 Å². The Bertz CT molecular complexity index is 1580. The van der Waals surface area contributed by atoms with E-state index in [4.69, 9.17) is 14.2 Å². The Hall–Kier alpha value is -3.72. The molecule has 9 heteroatoms. The van der Waals surface area contributed by atoms with Gasteiger partial charge in [0.15, 0.2) is 9.84 Å². The van der Waals surface area contributed by atoms with Gasteiger partial charge in [-0.25, -0.2) is 8.42 Å². The zero-order valence-corrected chi connectivity index (χ0v) is 24.4. The first kappa shape index (κ1) is 27.4. The van der Waals surface area contributed by atoms with Crippen molar-refractivity contribution in [3.63, 3.8) is 0 Å². The number of anilines is 1. The van der Waals surface area contributed by atoms with E-state index in [0.29, 0.717) is 26.1 Å². The van der Waals surface area contributed by atoms with E-state index in [-0.39, 0.29) is 36.0 Å². The Morgan fingerprint density at radius 3 is 2.44 bits per heavy atom. The molecule has 0 unspecified atom stereocenters. The van der Waals surface area contributed by atoms with Gasteiger partial charge in [-0.05, 0) is 61.6 Å². The number of carboxylic acids is 1. The molecule has 0 bridgehead atoms. The molecule has 0 radical (unpaired) electrons. The predicted molar refractivity (Wildman–Crippen MR) is 157 cm³/mol. The summed E-state index contributed by atoms with van der Waals surface area (Å²) in [7, 11) is -0.892. The van der Waals surface area contributed by atoms with Gasteiger partial charge in [0.1, 0.15) is 30.0 Å². The molecule has 0 spiro atoms. The van der Waals surface area contributed by atoms with Crippen LogP contribution in [0.25, 0.3) is 11.1 Å². The molecule has 1 N–H and O–H groups in total. The van der Waals surface area contributed by atoms with Crippen LogP contribution in [0.4, 0.5) is 5.69 Å². The Labute approximate surface area is 240 Å². The Balaban J connectivity index is 1.24. The molecule has 0 amide bonds. The lowest BCUT2D eigenvalue weighted by Gasteiger charge is -2.26. The van der Waals surface area contributed by atoms with Crippen LogP contribution in [0.3, 0.4) is 0 Å². The average Bonchev–Trinajstić information content (AvgIpc) is 3.53. The van der Waals surface area contributed by atoms with Gasteiger partial charge < -0.3 is 24.2 Å². The van der Waals surface area contributed by atoms with Crippen LogP contribution in [0, 0.1) is 13.8 Å². The van der Waals surface area contributed by atoms with Gasteiger partial charge in [0.05, 0.1) is 30.6 Å². The van der Waals surface area contributed by atoms with Crippen LogP contribution in [0.5, 0.6) is 17.2 Å². The number of aryl methyl sites for hydroxylation is 2. The van der Waals surface area contributed by atoms with Crippen LogP contribution in [0.15, 0.2) is 48.5 Å². The molecule has 216 valence electrons. The predicted octanol–water partition coefficient (Wildman–Crippen LogP) is 5.45. The fourth-order valence-electron chi connectivity index (χ4n) is 6.39. The van der Waals surface area contributed by atoms with E-state index >= 15 is 0 Å². The minimum atomic E-state index is -2.93. The quantitative estimate of drug-likeness (QED) is 0.396. The lowest BCUT2D eigenvalue weighted by Crippen LogP contribution is -2.30. The molecule has 1 fully saturated rings. The molecule has 6 rings (SSSR count). The zero-order chi connectivity index (χ0) is 28.9. The third kappa shape index (κ3) is 5.35. The molecule has 3 aromatic carbocycles. The lowest BCUT2D eigenvalue weighted by atomic mass is 9.92. The molecule has 3 heterocycles. The van der Waals surface area contributed by atoms with Gasteiger partial charge in [-0.2, -0.15) is 0 Å². The summed E-state index contributed by atoms with van der Waals surface area (Å²) in [6.07, 6.45) is 1.02. The highest BCUT2D eigenvalue weighted by Crippen LogP contribution is 2.47. The fraction of sp³-hybridized carbons (Fsp3) is 0.406. The van der Waals surface area contributed by atoms with Gasteiger partial charge >= 0.3 is 5.97 Å². The normalized spacial score (nSPS) is 21.0. The number of ether oxygens (including phenoxy) is 3. The molecule has 1 saturated heterocycles. The Morgan fingerprint density at radius 1 is 1.00 bits per heavy atom.